The predicted molar refractivity (Wildman–Crippen MR) is 118 cm³/mol. The molecule has 0 bridgehead atoms. The Morgan fingerprint density at radius 3 is 2.17 bits per heavy atom. The largest absolute Gasteiger partial charge is 0.423 e. The smallest absolute Gasteiger partial charge is 0.342 e. The number of benzene rings is 2. The minimum absolute atomic E-state index is 0.252. The van der Waals surface area contributed by atoms with E-state index >= 15 is 0 Å². The highest BCUT2D eigenvalue weighted by Gasteiger charge is 2.30. The molecular formula is C25H32N2O2. The molecule has 0 amide bonds. The van der Waals surface area contributed by atoms with Gasteiger partial charge in [-0.2, -0.15) is 0 Å². The van der Waals surface area contributed by atoms with Crippen LogP contribution in [0.15, 0.2) is 66.2 Å². The minimum Gasteiger partial charge on any atom is -0.423 e. The van der Waals surface area contributed by atoms with Crippen LogP contribution in [0.25, 0.3) is 5.70 Å². The van der Waals surface area contributed by atoms with Gasteiger partial charge in [-0.1, -0.05) is 75.2 Å². The van der Waals surface area contributed by atoms with Crippen molar-refractivity contribution < 1.29 is 9.53 Å². The van der Waals surface area contributed by atoms with E-state index in [-0.39, 0.29) is 5.97 Å². The first-order chi connectivity index (χ1) is 14.2. The molecule has 2 aromatic carbocycles. The van der Waals surface area contributed by atoms with Crippen molar-refractivity contribution in [2.24, 2.45) is 0 Å². The number of ether oxygens (including phenoxy) is 1. The summed E-state index contributed by atoms with van der Waals surface area (Å²) in [5.41, 5.74) is 2.85. The Morgan fingerprint density at radius 1 is 0.897 bits per heavy atom. The zero-order valence-corrected chi connectivity index (χ0v) is 17.6. The molecule has 4 nitrogen and oxygen atoms in total. The summed E-state index contributed by atoms with van der Waals surface area (Å²) in [5, 5.41) is 0. The lowest BCUT2D eigenvalue weighted by Crippen LogP contribution is -2.45. The van der Waals surface area contributed by atoms with Gasteiger partial charge in [-0.3, -0.25) is 4.90 Å². The highest BCUT2D eigenvalue weighted by molar-refractivity contribution is 5.99. The average molecular weight is 393 g/mol. The van der Waals surface area contributed by atoms with Crippen molar-refractivity contribution in [1.29, 1.82) is 0 Å². The van der Waals surface area contributed by atoms with Gasteiger partial charge in [0.25, 0.3) is 0 Å². The van der Waals surface area contributed by atoms with Crippen LogP contribution in [0.5, 0.6) is 5.75 Å². The number of hydrogen-bond acceptors (Lipinski definition) is 4. The molecule has 2 aromatic rings. The molecule has 0 fully saturated rings. The lowest BCUT2D eigenvalue weighted by molar-refractivity contribution is -0.130. The molecule has 0 atom stereocenters. The molecule has 154 valence electrons. The second-order valence-electron chi connectivity index (χ2n) is 7.56. The van der Waals surface area contributed by atoms with Gasteiger partial charge in [-0.15, -0.1) is 0 Å². The summed E-state index contributed by atoms with van der Waals surface area (Å²) in [5.74, 6) is 0.334. The maximum atomic E-state index is 13.3. The van der Waals surface area contributed by atoms with E-state index in [1.165, 1.54) is 0 Å². The van der Waals surface area contributed by atoms with Gasteiger partial charge in [0.2, 0.25) is 0 Å². The maximum absolute atomic E-state index is 13.3. The third-order valence-corrected chi connectivity index (χ3v) is 5.21. The number of esters is 1. The van der Waals surface area contributed by atoms with E-state index < -0.39 is 0 Å². The van der Waals surface area contributed by atoms with Gasteiger partial charge in [0.05, 0.1) is 17.9 Å². The third kappa shape index (κ3) is 5.70. The van der Waals surface area contributed by atoms with Crippen LogP contribution in [-0.2, 0) is 4.79 Å². The molecule has 0 saturated carbocycles. The molecule has 1 heterocycles. The van der Waals surface area contributed by atoms with Gasteiger partial charge in [0.15, 0.2) is 0 Å². The molecule has 0 saturated heterocycles. The summed E-state index contributed by atoms with van der Waals surface area (Å²) in [7, 11) is 0. The van der Waals surface area contributed by atoms with Crippen molar-refractivity contribution in [2.75, 3.05) is 26.3 Å². The Hall–Kier alpha value is -2.59. The van der Waals surface area contributed by atoms with Crippen LogP contribution in [-0.4, -0.2) is 42.1 Å². The summed E-state index contributed by atoms with van der Waals surface area (Å²) >= 11 is 0. The molecule has 29 heavy (non-hydrogen) atoms. The summed E-state index contributed by atoms with van der Waals surface area (Å²) < 4.78 is 5.76. The minimum atomic E-state index is -0.252. The van der Waals surface area contributed by atoms with E-state index in [9.17, 15) is 4.79 Å². The summed E-state index contributed by atoms with van der Waals surface area (Å²) in [4.78, 5) is 18.0. The van der Waals surface area contributed by atoms with Crippen LogP contribution in [0.1, 0.15) is 45.1 Å². The molecule has 3 rings (SSSR count). The molecule has 0 aromatic heterocycles. The van der Waals surface area contributed by atoms with Gasteiger partial charge in [0.1, 0.15) is 5.75 Å². The fraction of sp³-hybridized carbons (Fsp3) is 0.400. The van der Waals surface area contributed by atoms with E-state index in [2.05, 4.69) is 35.8 Å². The lowest BCUT2D eigenvalue weighted by atomic mass is 10.0. The van der Waals surface area contributed by atoms with Crippen LogP contribution in [0.2, 0.25) is 0 Å². The predicted octanol–water partition coefficient (Wildman–Crippen LogP) is 5.18. The average Bonchev–Trinajstić information content (AvgIpc) is 2.77. The van der Waals surface area contributed by atoms with E-state index in [0.717, 1.165) is 62.3 Å². The van der Waals surface area contributed by atoms with E-state index in [4.69, 9.17) is 4.74 Å². The van der Waals surface area contributed by atoms with Gasteiger partial charge < -0.3 is 9.64 Å². The number of rotatable bonds is 9. The van der Waals surface area contributed by atoms with Crippen LogP contribution in [0, 0.1) is 0 Å². The maximum Gasteiger partial charge on any atom is 0.342 e. The zero-order chi connectivity index (χ0) is 20.5. The Bertz CT molecular complexity index is 802. The number of carbonyl (C=O) groups excluding carboxylic acids is 1. The third-order valence-electron chi connectivity index (χ3n) is 5.21. The zero-order valence-electron chi connectivity index (χ0n) is 17.6. The fourth-order valence-corrected chi connectivity index (χ4v) is 3.69. The van der Waals surface area contributed by atoms with E-state index in [1.54, 1.807) is 0 Å². The second-order valence-corrected chi connectivity index (χ2v) is 7.56. The van der Waals surface area contributed by atoms with Crippen LogP contribution in [0.4, 0.5) is 0 Å². The first-order valence-corrected chi connectivity index (χ1v) is 10.8. The van der Waals surface area contributed by atoms with E-state index in [1.807, 2.05) is 48.5 Å². The van der Waals surface area contributed by atoms with Crippen molar-refractivity contribution in [3.05, 3.63) is 71.8 Å². The van der Waals surface area contributed by atoms with Gasteiger partial charge in [-0.25, -0.2) is 4.79 Å². The van der Waals surface area contributed by atoms with Crippen molar-refractivity contribution >= 4 is 11.7 Å². The van der Waals surface area contributed by atoms with Gasteiger partial charge in [0, 0.05) is 19.6 Å². The monoisotopic (exact) mass is 392 g/mol. The van der Waals surface area contributed by atoms with Crippen LogP contribution in [0.3, 0.4) is 0 Å². The highest BCUT2D eigenvalue weighted by Crippen LogP contribution is 2.30. The lowest BCUT2D eigenvalue weighted by Gasteiger charge is -2.40. The molecule has 4 heteroatoms. The number of nitrogens with zero attached hydrogens (tertiary/aromatic N) is 2. The molecule has 0 N–H and O–H groups in total. The first-order valence-electron chi connectivity index (χ1n) is 10.8. The Labute approximate surface area is 174 Å². The molecule has 0 radical (unpaired) electrons. The van der Waals surface area contributed by atoms with Crippen molar-refractivity contribution in [3.8, 4) is 5.75 Å². The summed E-state index contributed by atoms with van der Waals surface area (Å²) in [6, 6.07) is 19.6. The standard InChI is InChI=1S/C25H32N2O2/c1-3-5-17-26-19-23(25(28)29-22-15-11-8-12-16-22)24(21-13-9-7-10-14-21)27(20-26)18-6-4-2/h7-16H,3-6,17-20H2,1-2H3. The first kappa shape index (κ1) is 21.1. The molecule has 0 aliphatic carbocycles. The Morgan fingerprint density at radius 2 is 1.52 bits per heavy atom. The number of carbonyl (C=O) groups is 1. The van der Waals surface area contributed by atoms with Crippen molar-refractivity contribution in [2.45, 2.75) is 39.5 Å². The molecule has 1 aliphatic heterocycles. The van der Waals surface area contributed by atoms with E-state index in [0.29, 0.717) is 12.3 Å². The number of hydrogen-bond donors (Lipinski definition) is 0. The number of para-hydroxylation sites is 1. The fourth-order valence-electron chi connectivity index (χ4n) is 3.69. The normalized spacial score (nSPS) is 14.9. The molecule has 0 spiro atoms. The Kier molecular flexibility index (Phi) is 7.88. The quantitative estimate of drug-likeness (QED) is 0.435. The van der Waals surface area contributed by atoms with Crippen LogP contribution >= 0.6 is 0 Å². The SMILES string of the molecule is CCCCN1CC(C(=O)Oc2ccccc2)=C(c2ccccc2)N(CCCC)C1. The summed E-state index contributed by atoms with van der Waals surface area (Å²) in [6.07, 6.45) is 4.49. The van der Waals surface area contributed by atoms with Crippen LogP contribution < -0.4 is 4.74 Å². The highest BCUT2D eigenvalue weighted by atomic mass is 16.5. The number of unbranched alkanes of at least 4 members (excludes halogenated alkanes) is 2. The topological polar surface area (TPSA) is 32.8 Å². The second kappa shape index (κ2) is 10.8. The van der Waals surface area contributed by atoms with Crippen molar-refractivity contribution in [1.82, 2.24) is 9.80 Å². The van der Waals surface area contributed by atoms with Crippen molar-refractivity contribution in [3.63, 3.8) is 0 Å². The molecule has 1 aliphatic rings. The van der Waals surface area contributed by atoms with Gasteiger partial charge in [-0.05, 0) is 30.5 Å². The molecule has 0 unspecified atom stereocenters. The summed E-state index contributed by atoms with van der Waals surface area (Å²) in [6.45, 7) is 7.81. The Balaban J connectivity index is 1.98. The molecular weight excluding hydrogens is 360 g/mol. The van der Waals surface area contributed by atoms with Gasteiger partial charge >= 0.3 is 5.97 Å².